The van der Waals surface area contributed by atoms with E-state index in [1.54, 1.807) is 30.0 Å². The molecule has 3 atom stereocenters. The highest BCUT2D eigenvalue weighted by atomic mass is 19.4. The van der Waals surface area contributed by atoms with E-state index in [4.69, 9.17) is 14.2 Å². The number of likely N-dealkylation sites (N-methyl/N-ethyl adjacent to an activating group) is 1. The molecule has 2 aliphatic rings. The normalized spacial score (nSPS) is 19.6. The minimum Gasteiger partial charge on any atom is -0.488 e. The molecule has 0 fully saturated rings. The molecular weight excluding hydrogens is 543 g/mol. The van der Waals surface area contributed by atoms with Crippen molar-refractivity contribution in [3.8, 4) is 17.2 Å². The number of aliphatic hydroxyl groups excluding tert-OH is 1. The molecular formula is C29H36F3N3O6. The van der Waals surface area contributed by atoms with Gasteiger partial charge in [0.15, 0.2) is 11.5 Å². The minimum atomic E-state index is -4.43. The van der Waals surface area contributed by atoms with Crippen molar-refractivity contribution in [3.63, 3.8) is 0 Å². The van der Waals surface area contributed by atoms with Gasteiger partial charge in [-0.25, -0.2) is 0 Å². The van der Waals surface area contributed by atoms with E-state index in [9.17, 15) is 27.9 Å². The first-order valence-corrected chi connectivity index (χ1v) is 13.6. The maximum absolute atomic E-state index is 13.4. The number of amides is 2. The van der Waals surface area contributed by atoms with Crippen LogP contribution < -0.4 is 19.5 Å². The van der Waals surface area contributed by atoms with Gasteiger partial charge in [0.1, 0.15) is 11.9 Å². The third-order valence-corrected chi connectivity index (χ3v) is 7.22. The molecule has 224 valence electrons. The van der Waals surface area contributed by atoms with E-state index >= 15 is 0 Å². The number of alkyl halides is 3. The SMILES string of the molecule is C[C@H]1CN([C@@H](C)CO)C(=O)Cc2cc(NC(=O)CCC(F)(F)F)ccc2O[C@@H]1CN(C)Cc1ccc2c(c1)OCO2. The molecule has 0 saturated heterocycles. The van der Waals surface area contributed by atoms with E-state index in [-0.39, 0.29) is 43.4 Å². The summed E-state index contributed by atoms with van der Waals surface area (Å²) in [6.07, 6.45) is -6.76. The number of nitrogens with zero attached hydrogens (tertiary/aromatic N) is 2. The van der Waals surface area contributed by atoms with Crippen molar-refractivity contribution in [2.75, 3.05) is 38.9 Å². The number of ether oxygens (including phenoxy) is 3. The molecule has 9 nitrogen and oxygen atoms in total. The first-order valence-electron chi connectivity index (χ1n) is 13.6. The van der Waals surface area contributed by atoms with Crippen LogP contribution in [0, 0.1) is 5.92 Å². The highest BCUT2D eigenvalue weighted by Crippen LogP contribution is 2.33. The van der Waals surface area contributed by atoms with Crippen LogP contribution in [0.15, 0.2) is 36.4 Å². The summed E-state index contributed by atoms with van der Waals surface area (Å²) >= 11 is 0. The van der Waals surface area contributed by atoms with Crippen LogP contribution in [0.2, 0.25) is 0 Å². The number of aliphatic hydroxyl groups is 1. The Kier molecular flexibility index (Phi) is 9.64. The molecule has 0 aromatic heterocycles. The monoisotopic (exact) mass is 579 g/mol. The zero-order chi connectivity index (χ0) is 29.7. The lowest BCUT2D eigenvalue weighted by Crippen LogP contribution is -2.47. The second-order valence-electron chi connectivity index (χ2n) is 10.8. The first-order chi connectivity index (χ1) is 19.4. The second kappa shape index (κ2) is 13.0. The van der Waals surface area contributed by atoms with Crippen molar-refractivity contribution in [2.45, 2.75) is 58.0 Å². The Labute approximate surface area is 237 Å². The standard InChI is InChI=1S/C29H36F3N3O6/c1-18-13-35(19(2)16-36)28(38)12-21-11-22(33-27(37)8-9-29(30,31)32)5-7-23(21)41-26(18)15-34(3)14-20-4-6-24-25(10-20)40-17-39-24/h4-7,10-11,18-19,26,36H,8-9,12-17H2,1-3H3,(H,33,37)/t18-,19-,26+/m0/s1. The Morgan fingerprint density at radius 1 is 1.17 bits per heavy atom. The number of halogens is 3. The highest BCUT2D eigenvalue weighted by Gasteiger charge is 2.32. The topological polar surface area (TPSA) is 101 Å². The molecule has 2 amide bonds. The van der Waals surface area contributed by atoms with Gasteiger partial charge in [0.25, 0.3) is 0 Å². The Morgan fingerprint density at radius 3 is 2.63 bits per heavy atom. The Hall–Kier alpha value is -3.51. The maximum Gasteiger partial charge on any atom is 0.389 e. The van der Waals surface area contributed by atoms with Crippen LogP contribution in [0.3, 0.4) is 0 Å². The van der Waals surface area contributed by atoms with Crippen molar-refractivity contribution in [3.05, 3.63) is 47.5 Å². The van der Waals surface area contributed by atoms with E-state index in [1.807, 2.05) is 32.2 Å². The van der Waals surface area contributed by atoms with Crippen molar-refractivity contribution in [2.24, 2.45) is 5.92 Å². The molecule has 41 heavy (non-hydrogen) atoms. The van der Waals surface area contributed by atoms with Crippen molar-refractivity contribution < 1.29 is 42.1 Å². The average Bonchev–Trinajstić information content (AvgIpc) is 3.39. The summed E-state index contributed by atoms with van der Waals surface area (Å²) in [5, 5.41) is 12.3. The summed E-state index contributed by atoms with van der Waals surface area (Å²) in [5.41, 5.74) is 1.80. The van der Waals surface area contributed by atoms with Crippen molar-refractivity contribution in [1.29, 1.82) is 0 Å². The van der Waals surface area contributed by atoms with Crippen molar-refractivity contribution >= 4 is 17.5 Å². The first kappa shape index (κ1) is 30.4. The Morgan fingerprint density at radius 2 is 1.90 bits per heavy atom. The lowest BCUT2D eigenvalue weighted by Gasteiger charge is -2.34. The smallest absolute Gasteiger partial charge is 0.389 e. The van der Waals surface area contributed by atoms with Gasteiger partial charge >= 0.3 is 6.18 Å². The fraction of sp³-hybridized carbons (Fsp3) is 0.517. The largest absolute Gasteiger partial charge is 0.488 e. The van der Waals surface area contributed by atoms with E-state index in [0.29, 0.717) is 42.4 Å². The third kappa shape index (κ3) is 8.26. The number of benzene rings is 2. The summed E-state index contributed by atoms with van der Waals surface area (Å²) in [6, 6.07) is 10.1. The van der Waals surface area contributed by atoms with E-state index < -0.39 is 31.0 Å². The molecule has 2 N–H and O–H groups in total. The summed E-state index contributed by atoms with van der Waals surface area (Å²) in [6.45, 7) is 5.22. The number of hydrogen-bond donors (Lipinski definition) is 2. The molecule has 4 rings (SSSR count). The van der Waals surface area contributed by atoms with Crippen LogP contribution in [-0.4, -0.2) is 78.6 Å². The van der Waals surface area contributed by atoms with Gasteiger partial charge in [0, 0.05) is 43.2 Å². The predicted molar refractivity (Wildman–Crippen MR) is 145 cm³/mol. The van der Waals surface area contributed by atoms with E-state index in [2.05, 4.69) is 10.2 Å². The summed E-state index contributed by atoms with van der Waals surface area (Å²) in [5.74, 6) is 0.756. The van der Waals surface area contributed by atoms with Gasteiger partial charge in [-0.3, -0.25) is 14.5 Å². The molecule has 0 bridgehead atoms. The molecule has 12 heteroatoms. The van der Waals surface area contributed by atoms with Crippen LogP contribution in [0.5, 0.6) is 17.2 Å². The van der Waals surface area contributed by atoms with Crippen LogP contribution in [0.25, 0.3) is 0 Å². The molecule has 0 saturated carbocycles. The molecule has 2 heterocycles. The third-order valence-electron chi connectivity index (χ3n) is 7.22. The summed E-state index contributed by atoms with van der Waals surface area (Å²) in [4.78, 5) is 29.2. The quantitative estimate of drug-likeness (QED) is 0.464. The lowest BCUT2D eigenvalue weighted by molar-refractivity contribution is -0.142. The van der Waals surface area contributed by atoms with Gasteiger partial charge in [-0.1, -0.05) is 13.0 Å². The minimum absolute atomic E-state index is 0.0571. The van der Waals surface area contributed by atoms with Crippen LogP contribution >= 0.6 is 0 Å². The maximum atomic E-state index is 13.4. The number of nitrogens with one attached hydrogen (secondary N) is 1. The summed E-state index contributed by atoms with van der Waals surface area (Å²) < 4.78 is 55.0. The number of fused-ring (bicyclic) bond motifs is 2. The van der Waals surface area contributed by atoms with Gasteiger partial charge in [-0.05, 0) is 49.9 Å². The fourth-order valence-electron chi connectivity index (χ4n) is 4.93. The van der Waals surface area contributed by atoms with Crippen LogP contribution in [0.4, 0.5) is 18.9 Å². The number of anilines is 1. The van der Waals surface area contributed by atoms with Gasteiger partial charge < -0.3 is 29.5 Å². The predicted octanol–water partition coefficient (Wildman–Crippen LogP) is 3.98. The molecule has 0 aliphatic carbocycles. The van der Waals surface area contributed by atoms with Crippen molar-refractivity contribution in [1.82, 2.24) is 9.80 Å². The fourth-order valence-corrected chi connectivity index (χ4v) is 4.93. The number of hydrogen-bond acceptors (Lipinski definition) is 7. The number of carbonyl (C=O) groups excluding carboxylic acids is 2. The zero-order valence-corrected chi connectivity index (χ0v) is 23.4. The Bertz CT molecular complexity index is 1240. The van der Waals surface area contributed by atoms with Gasteiger partial charge in [0.2, 0.25) is 18.6 Å². The molecule has 2 aromatic rings. The lowest BCUT2D eigenvalue weighted by atomic mass is 10.0. The van der Waals surface area contributed by atoms with Gasteiger partial charge in [0.05, 0.1) is 25.5 Å². The van der Waals surface area contributed by atoms with Gasteiger partial charge in [-0.15, -0.1) is 0 Å². The molecule has 0 radical (unpaired) electrons. The average molecular weight is 580 g/mol. The van der Waals surface area contributed by atoms with Gasteiger partial charge in [-0.2, -0.15) is 13.2 Å². The zero-order valence-electron chi connectivity index (χ0n) is 23.4. The molecule has 0 spiro atoms. The van der Waals surface area contributed by atoms with E-state index in [0.717, 1.165) is 5.56 Å². The molecule has 2 aromatic carbocycles. The summed E-state index contributed by atoms with van der Waals surface area (Å²) in [7, 11) is 1.97. The number of carbonyl (C=O) groups is 2. The van der Waals surface area contributed by atoms with Crippen LogP contribution in [0.1, 0.15) is 37.8 Å². The Balaban J connectivity index is 1.54. The molecule has 2 aliphatic heterocycles. The van der Waals surface area contributed by atoms with Crippen LogP contribution in [-0.2, 0) is 22.6 Å². The highest BCUT2D eigenvalue weighted by molar-refractivity contribution is 5.91. The number of rotatable bonds is 9. The second-order valence-corrected chi connectivity index (χ2v) is 10.8. The van der Waals surface area contributed by atoms with E-state index in [1.165, 1.54) is 0 Å². The molecule has 0 unspecified atom stereocenters.